The Labute approximate surface area is 151 Å². The fourth-order valence-corrected chi connectivity index (χ4v) is 4.21. The molecular formula is C19H29N3OS. The molecule has 1 N–H and O–H groups in total. The number of nitrogens with zero attached hydrogens (tertiary/aromatic N) is 2. The average molecular weight is 348 g/mol. The van der Waals surface area contributed by atoms with Gasteiger partial charge in [0, 0.05) is 38.8 Å². The van der Waals surface area contributed by atoms with Gasteiger partial charge in [0.05, 0.1) is 12.2 Å². The van der Waals surface area contributed by atoms with Gasteiger partial charge in [-0.1, -0.05) is 30.3 Å². The van der Waals surface area contributed by atoms with Crippen molar-refractivity contribution in [2.45, 2.75) is 51.5 Å². The Balaban J connectivity index is 1.52. The minimum absolute atomic E-state index is 0.326. The molecule has 0 radical (unpaired) electrons. The Kier molecular flexibility index (Phi) is 6.09. The van der Waals surface area contributed by atoms with Gasteiger partial charge in [-0.3, -0.25) is 4.90 Å². The van der Waals surface area contributed by atoms with E-state index in [9.17, 15) is 0 Å². The topological polar surface area (TPSA) is 27.7 Å². The molecule has 3 rings (SSSR count). The number of hydrogen-bond acceptors (Lipinski definition) is 3. The van der Waals surface area contributed by atoms with Gasteiger partial charge in [0.2, 0.25) is 0 Å². The number of ether oxygens (including phenoxy) is 1. The SMILES string of the molecule is C[C@@H]1CN(C[C@H]2CCCN2C(=S)NCc2ccccc2)C[C@H](C)O1. The van der Waals surface area contributed by atoms with Crippen LogP contribution >= 0.6 is 12.2 Å². The van der Waals surface area contributed by atoms with E-state index in [2.05, 4.69) is 53.2 Å². The van der Waals surface area contributed by atoms with E-state index < -0.39 is 0 Å². The summed E-state index contributed by atoms with van der Waals surface area (Å²) in [6.07, 6.45) is 3.11. The summed E-state index contributed by atoms with van der Waals surface area (Å²) in [5.74, 6) is 0. The second-order valence-corrected chi connectivity index (χ2v) is 7.50. The molecular weight excluding hydrogens is 318 g/mol. The molecule has 2 heterocycles. The highest BCUT2D eigenvalue weighted by Gasteiger charge is 2.30. The molecule has 132 valence electrons. The first-order valence-corrected chi connectivity index (χ1v) is 9.49. The van der Waals surface area contributed by atoms with Crippen LogP contribution in [0.25, 0.3) is 0 Å². The minimum atomic E-state index is 0.326. The standard InChI is InChI=1S/C19H29N3OS/c1-15-12-21(13-16(2)23-15)14-18-9-6-10-22(18)19(24)20-11-17-7-4-3-5-8-17/h3-5,7-8,15-16,18H,6,9-14H2,1-2H3,(H,20,24)/t15-,16+,18-/m1/s1. The van der Waals surface area contributed by atoms with E-state index in [1.165, 1.54) is 18.4 Å². The van der Waals surface area contributed by atoms with Crippen molar-refractivity contribution in [1.29, 1.82) is 0 Å². The lowest BCUT2D eigenvalue weighted by Crippen LogP contribution is -2.52. The molecule has 4 nitrogen and oxygen atoms in total. The van der Waals surface area contributed by atoms with Gasteiger partial charge in [-0.15, -0.1) is 0 Å². The van der Waals surface area contributed by atoms with Gasteiger partial charge in [-0.2, -0.15) is 0 Å². The number of nitrogens with one attached hydrogen (secondary N) is 1. The lowest BCUT2D eigenvalue weighted by Gasteiger charge is -2.38. The molecule has 2 aliphatic rings. The molecule has 0 spiro atoms. The lowest BCUT2D eigenvalue weighted by atomic mass is 10.1. The summed E-state index contributed by atoms with van der Waals surface area (Å²) in [4.78, 5) is 4.94. The summed E-state index contributed by atoms with van der Waals surface area (Å²) < 4.78 is 5.85. The van der Waals surface area contributed by atoms with Gasteiger partial charge >= 0.3 is 0 Å². The molecule has 0 aliphatic carbocycles. The predicted octanol–water partition coefficient (Wildman–Crippen LogP) is 2.63. The Morgan fingerprint density at radius 3 is 2.62 bits per heavy atom. The highest BCUT2D eigenvalue weighted by Crippen LogP contribution is 2.21. The number of rotatable bonds is 4. The van der Waals surface area contributed by atoms with Crippen LogP contribution in [-0.2, 0) is 11.3 Å². The van der Waals surface area contributed by atoms with Gasteiger partial charge in [-0.05, 0) is 44.5 Å². The second-order valence-electron chi connectivity index (χ2n) is 7.11. The van der Waals surface area contributed by atoms with Crippen molar-refractivity contribution in [2.75, 3.05) is 26.2 Å². The molecule has 1 aromatic rings. The zero-order valence-electron chi connectivity index (χ0n) is 14.8. The Morgan fingerprint density at radius 2 is 1.92 bits per heavy atom. The third kappa shape index (κ3) is 4.68. The molecule has 0 unspecified atom stereocenters. The first kappa shape index (κ1) is 17.6. The van der Waals surface area contributed by atoms with Crippen LogP contribution in [0.4, 0.5) is 0 Å². The van der Waals surface area contributed by atoms with Crippen LogP contribution in [0.1, 0.15) is 32.3 Å². The largest absolute Gasteiger partial charge is 0.373 e. The quantitative estimate of drug-likeness (QED) is 0.846. The van der Waals surface area contributed by atoms with Gasteiger partial charge < -0.3 is 15.0 Å². The summed E-state index contributed by atoms with van der Waals surface area (Å²) in [6.45, 7) is 9.35. The summed E-state index contributed by atoms with van der Waals surface area (Å²) >= 11 is 5.68. The molecule has 0 amide bonds. The number of morpholine rings is 1. The lowest BCUT2D eigenvalue weighted by molar-refractivity contribution is -0.0710. The fourth-order valence-electron chi connectivity index (χ4n) is 3.90. The number of benzene rings is 1. The number of hydrogen-bond donors (Lipinski definition) is 1. The zero-order chi connectivity index (χ0) is 16.9. The Bertz CT molecular complexity index is 529. The molecule has 2 fully saturated rings. The molecule has 2 aliphatic heterocycles. The van der Waals surface area contributed by atoms with Crippen molar-refractivity contribution in [3.63, 3.8) is 0 Å². The van der Waals surface area contributed by atoms with Crippen LogP contribution in [0.3, 0.4) is 0 Å². The van der Waals surface area contributed by atoms with Crippen LogP contribution in [0.15, 0.2) is 30.3 Å². The van der Waals surface area contributed by atoms with Crippen LogP contribution in [-0.4, -0.2) is 59.3 Å². The van der Waals surface area contributed by atoms with Crippen LogP contribution in [0, 0.1) is 0 Å². The molecule has 24 heavy (non-hydrogen) atoms. The summed E-state index contributed by atoms with van der Waals surface area (Å²) in [6, 6.07) is 11.0. The van der Waals surface area contributed by atoms with Crippen molar-refractivity contribution in [3.8, 4) is 0 Å². The highest BCUT2D eigenvalue weighted by molar-refractivity contribution is 7.80. The average Bonchev–Trinajstić information content (AvgIpc) is 3.01. The Hall–Kier alpha value is -1.17. The smallest absolute Gasteiger partial charge is 0.169 e. The highest BCUT2D eigenvalue weighted by atomic mass is 32.1. The van der Waals surface area contributed by atoms with Crippen molar-refractivity contribution < 1.29 is 4.74 Å². The number of thiocarbonyl (C=S) groups is 1. The Morgan fingerprint density at radius 1 is 1.21 bits per heavy atom. The molecule has 0 saturated carbocycles. The second kappa shape index (κ2) is 8.28. The normalized spacial score (nSPS) is 28.1. The molecule has 0 bridgehead atoms. The van der Waals surface area contributed by atoms with E-state index in [4.69, 9.17) is 17.0 Å². The van der Waals surface area contributed by atoms with Gasteiger partial charge in [0.25, 0.3) is 0 Å². The van der Waals surface area contributed by atoms with Crippen LogP contribution in [0.5, 0.6) is 0 Å². The summed E-state index contributed by atoms with van der Waals surface area (Å²) in [7, 11) is 0. The van der Waals surface area contributed by atoms with Crippen molar-refractivity contribution in [3.05, 3.63) is 35.9 Å². The van der Waals surface area contributed by atoms with Crippen molar-refractivity contribution in [1.82, 2.24) is 15.1 Å². The molecule has 1 aromatic carbocycles. The minimum Gasteiger partial charge on any atom is -0.373 e. The van der Waals surface area contributed by atoms with E-state index in [0.29, 0.717) is 18.2 Å². The van der Waals surface area contributed by atoms with Crippen molar-refractivity contribution in [2.24, 2.45) is 0 Å². The van der Waals surface area contributed by atoms with E-state index in [0.717, 1.165) is 37.8 Å². The first-order valence-electron chi connectivity index (χ1n) is 9.08. The van der Waals surface area contributed by atoms with Crippen LogP contribution < -0.4 is 5.32 Å². The monoisotopic (exact) mass is 347 g/mol. The molecule has 5 heteroatoms. The van der Waals surface area contributed by atoms with Gasteiger partial charge in [-0.25, -0.2) is 0 Å². The third-order valence-electron chi connectivity index (χ3n) is 4.89. The number of likely N-dealkylation sites (tertiary alicyclic amines) is 1. The maximum atomic E-state index is 5.85. The maximum Gasteiger partial charge on any atom is 0.169 e. The fraction of sp³-hybridized carbons (Fsp3) is 0.632. The van der Waals surface area contributed by atoms with Gasteiger partial charge in [0.1, 0.15) is 0 Å². The maximum absolute atomic E-state index is 5.85. The molecule has 0 aromatic heterocycles. The molecule has 3 atom stereocenters. The van der Waals surface area contributed by atoms with Gasteiger partial charge in [0.15, 0.2) is 5.11 Å². The van der Waals surface area contributed by atoms with E-state index in [1.54, 1.807) is 0 Å². The third-order valence-corrected chi connectivity index (χ3v) is 5.27. The summed E-state index contributed by atoms with van der Waals surface area (Å²) in [5.41, 5.74) is 1.27. The molecule has 2 saturated heterocycles. The zero-order valence-corrected chi connectivity index (χ0v) is 15.6. The summed E-state index contributed by atoms with van der Waals surface area (Å²) in [5, 5.41) is 4.34. The van der Waals surface area contributed by atoms with Crippen molar-refractivity contribution >= 4 is 17.3 Å². The van der Waals surface area contributed by atoms with E-state index in [1.807, 2.05) is 6.07 Å². The van der Waals surface area contributed by atoms with Crippen LogP contribution in [0.2, 0.25) is 0 Å². The van der Waals surface area contributed by atoms with E-state index in [-0.39, 0.29) is 0 Å². The predicted molar refractivity (Wildman–Crippen MR) is 102 cm³/mol. The first-order chi connectivity index (χ1) is 11.6. The van der Waals surface area contributed by atoms with E-state index >= 15 is 0 Å².